The summed E-state index contributed by atoms with van der Waals surface area (Å²) in [6.07, 6.45) is -2.77. The van der Waals surface area contributed by atoms with Crippen LogP contribution in [0.15, 0.2) is 60.8 Å². The summed E-state index contributed by atoms with van der Waals surface area (Å²) in [5.74, 6) is 1.26. The Morgan fingerprint density at radius 1 is 1.15 bits per heavy atom. The standard InChI is InChI=1S/C24H22F3N5O2/c1-14(28)22(33)12-17-11-19(8-9-29-17)34-18-6-7-21-20(13-18)31-23(32(21)2)30-16-5-3-4-15(10-16)24(25,26)27/h3-11,13-14H,12,28H2,1-2H3,(H,30,31)/t14-/m0/s1. The number of alkyl halides is 3. The van der Waals surface area contributed by atoms with Crippen molar-refractivity contribution in [2.45, 2.75) is 25.6 Å². The van der Waals surface area contributed by atoms with Crippen molar-refractivity contribution in [2.24, 2.45) is 12.8 Å². The van der Waals surface area contributed by atoms with Gasteiger partial charge in [-0.3, -0.25) is 9.78 Å². The fourth-order valence-corrected chi connectivity index (χ4v) is 3.35. The number of carbonyl (C=O) groups is 1. The molecule has 4 aromatic rings. The van der Waals surface area contributed by atoms with Gasteiger partial charge in [0.25, 0.3) is 0 Å². The number of Topliss-reactive ketones (excluding diaryl/α,β-unsaturated/α-hetero) is 1. The number of anilines is 2. The van der Waals surface area contributed by atoms with Crippen LogP contribution in [-0.4, -0.2) is 26.4 Å². The van der Waals surface area contributed by atoms with Crippen molar-refractivity contribution < 1.29 is 22.7 Å². The van der Waals surface area contributed by atoms with Crippen LogP contribution < -0.4 is 15.8 Å². The van der Waals surface area contributed by atoms with Crippen molar-refractivity contribution in [3.63, 3.8) is 0 Å². The molecule has 2 aromatic carbocycles. The van der Waals surface area contributed by atoms with Gasteiger partial charge in [0.15, 0.2) is 5.78 Å². The number of hydrogen-bond acceptors (Lipinski definition) is 6. The summed E-state index contributed by atoms with van der Waals surface area (Å²) < 4.78 is 46.7. The van der Waals surface area contributed by atoms with E-state index in [0.717, 1.165) is 17.6 Å². The highest BCUT2D eigenvalue weighted by Crippen LogP contribution is 2.32. The molecule has 0 amide bonds. The number of fused-ring (bicyclic) bond motifs is 1. The molecule has 2 heterocycles. The second-order valence-corrected chi connectivity index (χ2v) is 7.87. The van der Waals surface area contributed by atoms with Crippen LogP contribution in [0.2, 0.25) is 0 Å². The Morgan fingerprint density at radius 3 is 2.65 bits per heavy atom. The number of ketones is 1. The molecule has 0 saturated heterocycles. The number of aromatic nitrogens is 3. The van der Waals surface area contributed by atoms with Crippen LogP contribution in [-0.2, 0) is 24.4 Å². The number of nitrogens with one attached hydrogen (secondary N) is 1. The van der Waals surface area contributed by atoms with Gasteiger partial charge in [-0.05, 0) is 43.3 Å². The van der Waals surface area contributed by atoms with Gasteiger partial charge in [0, 0.05) is 31.1 Å². The fraction of sp³-hybridized carbons (Fsp3) is 0.208. The number of imidazole rings is 1. The first-order valence-corrected chi connectivity index (χ1v) is 10.4. The van der Waals surface area contributed by atoms with E-state index < -0.39 is 17.8 Å². The molecule has 4 rings (SSSR count). The minimum atomic E-state index is -4.43. The molecule has 176 valence electrons. The Labute approximate surface area is 193 Å². The summed E-state index contributed by atoms with van der Waals surface area (Å²) in [6, 6.07) is 13.0. The molecule has 0 unspecified atom stereocenters. The monoisotopic (exact) mass is 469 g/mol. The molecule has 0 aliphatic heterocycles. The fourth-order valence-electron chi connectivity index (χ4n) is 3.35. The Hall–Kier alpha value is -3.92. The summed E-state index contributed by atoms with van der Waals surface area (Å²) in [5.41, 5.74) is 7.05. The van der Waals surface area contributed by atoms with E-state index in [1.807, 2.05) is 0 Å². The molecule has 0 radical (unpaired) electrons. The van der Waals surface area contributed by atoms with E-state index in [-0.39, 0.29) is 17.9 Å². The zero-order valence-electron chi connectivity index (χ0n) is 18.4. The zero-order chi connectivity index (χ0) is 24.5. The summed E-state index contributed by atoms with van der Waals surface area (Å²) in [7, 11) is 1.76. The smallest absolute Gasteiger partial charge is 0.416 e. The molecule has 0 fully saturated rings. The molecular formula is C24H22F3N5O2. The van der Waals surface area contributed by atoms with Crippen LogP contribution in [0, 0.1) is 0 Å². The Balaban J connectivity index is 1.55. The maximum atomic E-state index is 13.0. The molecule has 0 aliphatic carbocycles. The third-order valence-electron chi connectivity index (χ3n) is 5.19. The number of aryl methyl sites for hydroxylation is 1. The average molecular weight is 469 g/mol. The first-order chi connectivity index (χ1) is 16.1. The van der Waals surface area contributed by atoms with E-state index in [1.165, 1.54) is 6.07 Å². The highest BCUT2D eigenvalue weighted by molar-refractivity contribution is 5.85. The molecule has 0 bridgehead atoms. The van der Waals surface area contributed by atoms with E-state index in [2.05, 4.69) is 15.3 Å². The van der Waals surface area contributed by atoms with Gasteiger partial charge < -0.3 is 20.4 Å². The Morgan fingerprint density at radius 2 is 1.91 bits per heavy atom. The molecule has 2 aromatic heterocycles. The van der Waals surface area contributed by atoms with Crippen molar-refractivity contribution in [1.29, 1.82) is 0 Å². The highest BCUT2D eigenvalue weighted by Gasteiger charge is 2.30. The molecule has 7 nitrogen and oxygen atoms in total. The maximum Gasteiger partial charge on any atom is 0.416 e. The van der Waals surface area contributed by atoms with Crippen molar-refractivity contribution in [3.8, 4) is 11.5 Å². The maximum absolute atomic E-state index is 13.0. The van der Waals surface area contributed by atoms with E-state index in [9.17, 15) is 18.0 Å². The highest BCUT2D eigenvalue weighted by atomic mass is 19.4. The minimum Gasteiger partial charge on any atom is -0.457 e. The van der Waals surface area contributed by atoms with Gasteiger partial charge in [-0.2, -0.15) is 13.2 Å². The van der Waals surface area contributed by atoms with E-state index in [1.54, 1.807) is 61.1 Å². The molecule has 34 heavy (non-hydrogen) atoms. The number of nitrogens with zero attached hydrogens (tertiary/aromatic N) is 3. The van der Waals surface area contributed by atoms with Crippen molar-refractivity contribution in [3.05, 3.63) is 72.1 Å². The van der Waals surface area contributed by atoms with Crippen LogP contribution in [0.25, 0.3) is 11.0 Å². The summed E-state index contributed by atoms with van der Waals surface area (Å²) in [6.45, 7) is 1.63. The lowest BCUT2D eigenvalue weighted by Gasteiger charge is -2.10. The molecule has 3 N–H and O–H groups in total. The van der Waals surface area contributed by atoms with Gasteiger partial charge in [-0.25, -0.2) is 4.98 Å². The third-order valence-corrected chi connectivity index (χ3v) is 5.19. The molecule has 0 spiro atoms. The van der Waals surface area contributed by atoms with Crippen molar-refractivity contribution in [2.75, 3.05) is 5.32 Å². The van der Waals surface area contributed by atoms with Crippen LogP contribution >= 0.6 is 0 Å². The van der Waals surface area contributed by atoms with E-state index in [4.69, 9.17) is 10.5 Å². The largest absolute Gasteiger partial charge is 0.457 e. The van der Waals surface area contributed by atoms with Crippen molar-refractivity contribution in [1.82, 2.24) is 14.5 Å². The Kier molecular flexibility index (Phi) is 6.25. The summed E-state index contributed by atoms with van der Waals surface area (Å²) in [4.78, 5) is 20.6. The first-order valence-electron chi connectivity index (χ1n) is 10.4. The number of pyridine rings is 1. The third kappa shape index (κ3) is 5.18. The lowest BCUT2D eigenvalue weighted by Crippen LogP contribution is -2.28. The quantitative estimate of drug-likeness (QED) is 0.396. The topological polar surface area (TPSA) is 95.1 Å². The van der Waals surface area contributed by atoms with Gasteiger partial charge in [0.1, 0.15) is 11.5 Å². The second kappa shape index (κ2) is 9.14. The number of nitrogens with two attached hydrogens (primary N) is 1. The number of hydrogen-bond donors (Lipinski definition) is 2. The van der Waals surface area contributed by atoms with Crippen LogP contribution in [0.4, 0.5) is 24.8 Å². The van der Waals surface area contributed by atoms with Crippen LogP contribution in [0.3, 0.4) is 0 Å². The van der Waals surface area contributed by atoms with Gasteiger partial charge >= 0.3 is 6.18 Å². The van der Waals surface area contributed by atoms with Crippen molar-refractivity contribution >= 4 is 28.5 Å². The predicted molar refractivity (Wildman–Crippen MR) is 122 cm³/mol. The lowest BCUT2D eigenvalue weighted by atomic mass is 10.1. The average Bonchev–Trinajstić information content (AvgIpc) is 3.08. The predicted octanol–water partition coefficient (Wildman–Crippen LogP) is 4.98. The first kappa shape index (κ1) is 23.2. The molecule has 0 aliphatic rings. The van der Waals surface area contributed by atoms with Gasteiger partial charge in [0.05, 0.1) is 34.8 Å². The van der Waals surface area contributed by atoms with Gasteiger partial charge in [0.2, 0.25) is 5.95 Å². The number of halogens is 3. The summed E-state index contributed by atoms with van der Waals surface area (Å²) >= 11 is 0. The minimum absolute atomic E-state index is 0.110. The zero-order valence-corrected chi connectivity index (χ0v) is 18.4. The Bertz CT molecular complexity index is 1350. The second-order valence-electron chi connectivity index (χ2n) is 7.87. The molecular weight excluding hydrogens is 447 g/mol. The normalized spacial score (nSPS) is 12.5. The molecule has 10 heteroatoms. The summed E-state index contributed by atoms with van der Waals surface area (Å²) in [5, 5.41) is 2.94. The molecule has 1 atom stereocenters. The van der Waals surface area contributed by atoms with Crippen LogP contribution in [0.5, 0.6) is 11.5 Å². The number of carbonyl (C=O) groups excluding carboxylic acids is 1. The van der Waals surface area contributed by atoms with Gasteiger partial charge in [-0.1, -0.05) is 6.07 Å². The SMILES string of the molecule is C[C@H](N)C(=O)Cc1cc(Oc2ccc3c(c2)nc(Nc2cccc(C(F)(F)F)c2)n3C)ccn1. The van der Waals surface area contributed by atoms with E-state index >= 15 is 0 Å². The molecule has 0 saturated carbocycles. The number of ether oxygens (including phenoxy) is 1. The number of rotatable bonds is 7. The lowest BCUT2D eigenvalue weighted by molar-refractivity contribution is -0.137. The van der Waals surface area contributed by atoms with Crippen LogP contribution in [0.1, 0.15) is 18.2 Å². The number of benzene rings is 2. The van der Waals surface area contributed by atoms with E-state index in [0.29, 0.717) is 28.7 Å². The van der Waals surface area contributed by atoms with Gasteiger partial charge in [-0.15, -0.1) is 0 Å².